The predicted octanol–water partition coefficient (Wildman–Crippen LogP) is 1.66. The number of pyridine rings is 1. The molecule has 8 nitrogen and oxygen atoms in total. The van der Waals surface area contributed by atoms with Crippen molar-refractivity contribution < 1.29 is 14.5 Å². The summed E-state index contributed by atoms with van der Waals surface area (Å²) >= 11 is 1.06. The van der Waals surface area contributed by atoms with Crippen LogP contribution in [0.2, 0.25) is 0 Å². The van der Waals surface area contributed by atoms with E-state index in [1.54, 1.807) is 24.1 Å². The second-order valence-corrected chi connectivity index (χ2v) is 4.78. The smallest absolute Gasteiger partial charge is 0.356 e. The van der Waals surface area contributed by atoms with E-state index in [1.807, 2.05) is 0 Å². The van der Waals surface area contributed by atoms with Gasteiger partial charge in [0.15, 0.2) is 5.03 Å². The second kappa shape index (κ2) is 5.70. The number of rotatable bonds is 4. The summed E-state index contributed by atoms with van der Waals surface area (Å²) < 4.78 is 6.12. The number of aryl methyl sites for hydroxylation is 1. The highest BCUT2D eigenvalue weighted by atomic mass is 32.2. The largest absolute Gasteiger partial charge is 0.464 e. The summed E-state index contributed by atoms with van der Waals surface area (Å²) in [7, 11) is 2.95. The maximum atomic E-state index is 11.4. The number of hydrogen-bond donors (Lipinski definition) is 0. The molecular weight excluding hydrogens is 284 g/mol. The summed E-state index contributed by atoms with van der Waals surface area (Å²) in [6.45, 7) is 0. The lowest BCUT2D eigenvalue weighted by atomic mass is 10.3. The minimum Gasteiger partial charge on any atom is -0.464 e. The van der Waals surface area contributed by atoms with E-state index in [9.17, 15) is 14.9 Å². The van der Waals surface area contributed by atoms with Crippen molar-refractivity contribution in [2.75, 3.05) is 7.11 Å². The number of nitro groups is 1. The number of ether oxygens (including phenoxy) is 1. The van der Waals surface area contributed by atoms with Crippen molar-refractivity contribution in [3.8, 4) is 0 Å². The molecule has 2 aromatic rings. The minimum absolute atomic E-state index is 0.0180. The number of esters is 1. The van der Waals surface area contributed by atoms with Gasteiger partial charge in [-0.25, -0.2) is 9.78 Å². The van der Waals surface area contributed by atoms with Crippen LogP contribution in [0, 0.1) is 10.1 Å². The van der Waals surface area contributed by atoms with Gasteiger partial charge in [-0.2, -0.15) is 5.10 Å². The lowest BCUT2D eigenvalue weighted by Gasteiger charge is -2.03. The van der Waals surface area contributed by atoms with E-state index in [-0.39, 0.29) is 16.4 Å². The summed E-state index contributed by atoms with van der Waals surface area (Å²) in [5, 5.41) is 15.1. The summed E-state index contributed by atoms with van der Waals surface area (Å²) in [6.07, 6.45) is 3.25. The second-order valence-electron chi connectivity index (χ2n) is 3.72. The lowest BCUT2D eigenvalue weighted by molar-refractivity contribution is -0.388. The van der Waals surface area contributed by atoms with Crippen molar-refractivity contribution in [3.05, 3.63) is 40.3 Å². The maximum absolute atomic E-state index is 11.4. The first-order chi connectivity index (χ1) is 9.51. The van der Waals surface area contributed by atoms with E-state index in [2.05, 4.69) is 14.8 Å². The molecule has 20 heavy (non-hydrogen) atoms. The molecule has 0 unspecified atom stereocenters. The van der Waals surface area contributed by atoms with Gasteiger partial charge in [0, 0.05) is 19.3 Å². The standard InChI is InChI=1S/C11H10N4O4S/c1-14-6-7(5-12-14)20-10-9(15(17)18)4-3-8(13-10)11(16)19-2/h3-6H,1-2H3. The quantitative estimate of drug-likeness (QED) is 0.480. The molecule has 0 spiro atoms. The molecule has 0 aliphatic heterocycles. The predicted molar refractivity (Wildman–Crippen MR) is 69.6 cm³/mol. The fourth-order valence-corrected chi connectivity index (χ4v) is 2.35. The van der Waals surface area contributed by atoms with Crippen LogP contribution in [0.3, 0.4) is 0 Å². The highest BCUT2D eigenvalue weighted by Gasteiger charge is 2.20. The zero-order valence-corrected chi connectivity index (χ0v) is 11.5. The molecule has 0 bridgehead atoms. The van der Waals surface area contributed by atoms with Crippen LogP contribution < -0.4 is 0 Å². The van der Waals surface area contributed by atoms with Crippen LogP contribution in [-0.4, -0.2) is 32.8 Å². The summed E-state index contributed by atoms with van der Waals surface area (Å²) in [5.41, 5.74) is -0.156. The first kappa shape index (κ1) is 14.0. The van der Waals surface area contributed by atoms with Crippen LogP contribution in [0.4, 0.5) is 5.69 Å². The highest BCUT2D eigenvalue weighted by molar-refractivity contribution is 7.99. The molecular formula is C11H10N4O4S. The number of carbonyl (C=O) groups is 1. The van der Waals surface area contributed by atoms with Crippen LogP contribution in [0.1, 0.15) is 10.5 Å². The SMILES string of the molecule is COC(=O)c1ccc([N+](=O)[O-])c(Sc2cnn(C)c2)n1. The number of hydrogen-bond acceptors (Lipinski definition) is 7. The number of methoxy groups -OCH3 is 1. The highest BCUT2D eigenvalue weighted by Crippen LogP contribution is 2.32. The fraction of sp³-hybridized carbons (Fsp3) is 0.182. The number of aromatic nitrogens is 3. The molecule has 0 N–H and O–H groups in total. The van der Waals surface area contributed by atoms with Gasteiger partial charge >= 0.3 is 11.7 Å². The minimum atomic E-state index is -0.645. The van der Waals surface area contributed by atoms with Crippen molar-refractivity contribution in [1.82, 2.24) is 14.8 Å². The molecule has 0 atom stereocenters. The molecule has 0 radical (unpaired) electrons. The third-order valence-corrected chi connectivity index (χ3v) is 3.27. The zero-order chi connectivity index (χ0) is 14.7. The van der Waals surface area contributed by atoms with Gasteiger partial charge in [-0.15, -0.1) is 0 Å². The van der Waals surface area contributed by atoms with E-state index < -0.39 is 10.9 Å². The summed E-state index contributed by atoms with van der Waals surface area (Å²) in [5.74, 6) is -0.645. The van der Waals surface area contributed by atoms with Crippen molar-refractivity contribution in [1.29, 1.82) is 0 Å². The van der Waals surface area contributed by atoms with Crippen LogP contribution in [0.5, 0.6) is 0 Å². The Balaban J connectivity index is 2.41. The van der Waals surface area contributed by atoms with Crippen LogP contribution in [0.25, 0.3) is 0 Å². The van der Waals surface area contributed by atoms with Gasteiger partial charge in [0.05, 0.1) is 23.1 Å². The Morgan fingerprint density at radius 1 is 1.50 bits per heavy atom. The third kappa shape index (κ3) is 2.94. The Hall–Kier alpha value is -2.42. The van der Waals surface area contributed by atoms with E-state index in [0.717, 1.165) is 11.8 Å². The van der Waals surface area contributed by atoms with Crippen molar-refractivity contribution >= 4 is 23.4 Å². The molecule has 0 saturated carbocycles. The summed E-state index contributed by atoms with van der Waals surface area (Å²) in [6, 6.07) is 2.50. The van der Waals surface area contributed by atoms with Gasteiger partial charge in [0.1, 0.15) is 5.69 Å². The Bertz CT molecular complexity index is 670. The van der Waals surface area contributed by atoms with E-state index >= 15 is 0 Å². The molecule has 0 amide bonds. The van der Waals surface area contributed by atoms with Crippen molar-refractivity contribution in [3.63, 3.8) is 0 Å². The fourth-order valence-electron chi connectivity index (χ4n) is 1.43. The first-order valence-corrected chi connectivity index (χ1v) is 6.23. The Morgan fingerprint density at radius 2 is 2.25 bits per heavy atom. The monoisotopic (exact) mass is 294 g/mol. The van der Waals surface area contributed by atoms with E-state index in [1.165, 1.54) is 19.2 Å². The first-order valence-electron chi connectivity index (χ1n) is 5.41. The van der Waals surface area contributed by atoms with Crippen molar-refractivity contribution in [2.45, 2.75) is 9.92 Å². The molecule has 0 aromatic carbocycles. The summed E-state index contributed by atoms with van der Waals surface area (Å²) in [4.78, 5) is 26.5. The molecule has 0 aliphatic rings. The average Bonchev–Trinajstić information content (AvgIpc) is 2.82. The topological polar surface area (TPSA) is 100 Å². The molecule has 2 rings (SSSR count). The zero-order valence-electron chi connectivity index (χ0n) is 10.6. The third-order valence-electron chi connectivity index (χ3n) is 2.33. The van der Waals surface area contributed by atoms with Crippen LogP contribution in [-0.2, 0) is 11.8 Å². The van der Waals surface area contributed by atoms with Crippen LogP contribution >= 0.6 is 11.8 Å². The normalized spacial score (nSPS) is 10.3. The molecule has 0 saturated heterocycles. The Labute approximate surface area is 117 Å². The van der Waals surface area contributed by atoms with Gasteiger partial charge < -0.3 is 4.74 Å². The van der Waals surface area contributed by atoms with Crippen LogP contribution in [0.15, 0.2) is 34.4 Å². The maximum Gasteiger partial charge on any atom is 0.356 e. The molecule has 0 aliphatic carbocycles. The molecule has 9 heteroatoms. The van der Waals surface area contributed by atoms with Gasteiger partial charge in [-0.3, -0.25) is 14.8 Å². The number of nitrogens with zero attached hydrogens (tertiary/aromatic N) is 4. The van der Waals surface area contributed by atoms with Gasteiger partial charge in [-0.1, -0.05) is 11.8 Å². The van der Waals surface area contributed by atoms with E-state index in [0.29, 0.717) is 4.90 Å². The molecule has 2 aromatic heterocycles. The van der Waals surface area contributed by atoms with Gasteiger partial charge in [0.25, 0.3) is 0 Å². The Morgan fingerprint density at radius 3 is 2.80 bits per heavy atom. The molecule has 104 valence electrons. The molecule has 2 heterocycles. The molecule has 0 fully saturated rings. The van der Waals surface area contributed by atoms with E-state index in [4.69, 9.17) is 0 Å². The van der Waals surface area contributed by atoms with Gasteiger partial charge in [-0.05, 0) is 6.07 Å². The average molecular weight is 294 g/mol. The van der Waals surface area contributed by atoms with Crippen molar-refractivity contribution in [2.24, 2.45) is 7.05 Å². The number of carbonyl (C=O) groups excluding carboxylic acids is 1. The van der Waals surface area contributed by atoms with Gasteiger partial charge in [0.2, 0.25) is 0 Å². The Kier molecular flexibility index (Phi) is 3.99. The lowest BCUT2D eigenvalue weighted by Crippen LogP contribution is -2.06.